The number of rotatable bonds is 8. The van der Waals surface area contributed by atoms with Gasteiger partial charge in [-0.15, -0.1) is 12.4 Å². The van der Waals surface area contributed by atoms with Gasteiger partial charge >= 0.3 is 0 Å². The molecule has 0 fully saturated rings. The number of benzene rings is 2. The van der Waals surface area contributed by atoms with E-state index in [1.807, 2.05) is 55.5 Å². The number of methoxy groups -OCH3 is 1. The van der Waals surface area contributed by atoms with Crippen molar-refractivity contribution in [3.05, 3.63) is 65.2 Å². The average molecular weight is 379 g/mol. The molecule has 3 N–H and O–H groups in total. The molecular formula is C20H27ClN2O3. The number of hydrogen-bond donors (Lipinski definition) is 2. The number of aryl methyl sites for hydroxylation is 1. The summed E-state index contributed by atoms with van der Waals surface area (Å²) in [7, 11) is 1.63. The monoisotopic (exact) mass is 378 g/mol. The Labute approximate surface area is 161 Å². The van der Waals surface area contributed by atoms with Gasteiger partial charge in [-0.2, -0.15) is 0 Å². The van der Waals surface area contributed by atoms with Gasteiger partial charge in [0.1, 0.15) is 17.9 Å². The van der Waals surface area contributed by atoms with E-state index in [4.69, 9.17) is 15.2 Å². The van der Waals surface area contributed by atoms with E-state index in [0.717, 1.165) is 22.4 Å². The highest BCUT2D eigenvalue weighted by Gasteiger charge is 2.30. The zero-order valence-electron chi connectivity index (χ0n) is 15.5. The van der Waals surface area contributed by atoms with Crippen molar-refractivity contribution < 1.29 is 14.3 Å². The standard InChI is InChI=1S/C20H26N2O3.ClH/c1-15-9-10-16(18(13-15)25-12-11-24-3)14-22-19(23)20(2,21)17-7-5-4-6-8-17;/h4-10,13H,11-12,14,21H2,1-3H3,(H,22,23);1H. The first-order valence-corrected chi connectivity index (χ1v) is 8.29. The summed E-state index contributed by atoms with van der Waals surface area (Å²) in [5.74, 6) is 0.512. The average Bonchev–Trinajstić information content (AvgIpc) is 2.61. The first-order valence-electron chi connectivity index (χ1n) is 8.29. The van der Waals surface area contributed by atoms with E-state index >= 15 is 0 Å². The van der Waals surface area contributed by atoms with Crippen LogP contribution in [0.4, 0.5) is 0 Å². The van der Waals surface area contributed by atoms with Gasteiger partial charge in [0, 0.05) is 19.2 Å². The SMILES string of the molecule is COCCOc1cc(C)ccc1CNC(=O)C(C)(N)c1ccccc1.Cl. The lowest BCUT2D eigenvalue weighted by atomic mass is 9.92. The maximum absolute atomic E-state index is 12.6. The van der Waals surface area contributed by atoms with Gasteiger partial charge in [-0.3, -0.25) is 4.79 Å². The molecule has 2 aromatic carbocycles. The summed E-state index contributed by atoms with van der Waals surface area (Å²) in [5.41, 5.74) is 7.92. The highest BCUT2D eigenvalue weighted by Crippen LogP contribution is 2.22. The van der Waals surface area contributed by atoms with Crippen LogP contribution in [0.3, 0.4) is 0 Å². The number of hydrogen-bond acceptors (Lipinski definition) is 4. The van der Waals surface area contributed by atoms with E-state index in [-0.39, 0.29) is 18.3 Å². The lowest BCUT2D eigenvalue weighted by Crippen LogP contribution is -2.48. The van der Waals surface area contributed by atoms with Gasteiger partial charge in [-0.1, -0.05) is 42.5 Å². The highest BCUT2D eigenvalue weighted by atomic mass is 35.5. The van der Waals surface area contributed by atoms with Crippen molar-refractivity contribution in [1.29, 1.82) is 0 Å². The molecule has 1 amide bonds. The number of halogens is 1. The molecule has 0 bridgehead atoms. The Morgan fingerprint density at radius 1 is 1.15 bits per heavy atom. The van der Waals surface area contributed by atoms with E-state index in [0.29, 0.717) is 19.8 Å². The van der Waals surface area contributed by atoms with Gasteiger partial charge in [0.05, 0.1) is 6.61 Å². The zero-order chi connectivity index (χ0) is 18.3. The van der Waals surface area contributed by atoms with Crippen molar-refractivity contribution in [2.75, 3.05) is 20.3 Å². The third-order valence-electron chi connectivity index (χ3n) is 4.05. The van der Waals surface area contributed by atoms with Crippen LogP contribution in [0.1, 0.15) is 23.6 Å². The van der Waals surface area contributed by atoms with Crippen LogP contribution in [-0.4, -0.2) is 26.2 Å². The Kier molecular flexibility index (Phi) is 8.58. The third-order valence-corrected chi connectivity index (χ3v) is 4.05. The molecule has 2 aromatic rings. The molecule has 0 heterocycles. The Hall–Kier alpha value is -2.08. The summed E-state index contributed by atoms with van der Waals surface area (Å²) in [5, 5.41) is 2.91. The Morgan fingerprint density at radius 3 is 2.50 bits per heavy atom. The van der Waals surface area contributed by atoms with Gasteiger partial charge in [-0.25, -0.2) is 0 Å². The van der Waals surface area contributed by atoms with E-state index in [1.54, 1.807) is 14.0 Å². The second kappa shape index (κ2) is 10.2. The molecule has 6 heteroatoms. The predicted molar refractivity (Wildman–Crippen MR) is 106 cm³/mol. The molecule has 1 atom stereocenters. The summed E-state index contributed by atoms with van der Waals surface area (Å²) in [6.45, 7) is 5.02. The van der Waals surface area contributed by atoms with E-state index in [9.17, 15) is 4.79 Å². The molecule has 5 nitrogen and oxygen atoms in total. The van der Waals surface area contributed by atoms with E-state index in [2.05, 4.69) is 5.32 Å². The molecule has 26 heavy (non-hydrogen) atoms. The number of amides is 1. The molecule has 0 radical (unpaired) electrons. The second-order valence-electron chi connectivity index (χ2n) is 6.20. The highest BCUT2D eigenvalue weighted by molar-refractivity contribution is 5.87. The van der Waals surface area contributed by atoms with E-state index < -0.39 is 5.54 Å². The van der Waals surface area contributed by atoms with Crippen molar-refractivity contribution in [3.63, 3.8) is 0 Å². The van der Waals surface area contributed by atoms with Gasteiger partial charge in [0.2, 0.25) is 5.91 Å². The predicted octanol–water partition coefficient (Wildman–Crippen LogP) is 2.93. The maximum atomic E-state index is 12.6. The van der Waals surface area contributed by atoms with Crippen LogP contribution in [0.25, 0.3) is 0 Å². The van der Waals surface area contributed by atoms with Crippen LogP contribution < -0.4 is 15.8 Å². The Morgan fingerprint density at radius 2 is 1.85 bits per heavy atom. The van der Waals surface area contributed by atoms with Crippen molar-refractivity contribution in [3.8, 4) is 5.75 Å². The lowest BCUT2D eigenvalue weighted by molar-refractivity contribution is -0.126. The minimum absolute atomic E-state index is 0. The fourth-order valence-corrected chi connectivity index (χ4v) is 2.45. The van der Waals surface area contributed by atoms with E-state index in [1.165, 1.54) is 0 Å². The quantitative estimate of drug-likeness (QED) is 0.692. The van der Waals surface area contributed by atoms with Crippen LogP contribution in [0.2, 0.25) is 0 Å². The van der Waals surface area contributed by atoms with Crippen molar-refractivity contribution in [1.82, 2.24) is 5.32 Å². The molecule has 0 aliphatic rings. The van der Waals surface area contributed by atoms with Crippen molar-refractivity contribution in [2.45, 2.75) is 25.9 Å². The summed E-state index contributed by atoms with van der Waals surface area (Å²) in [6.07, 6.45) is 0. The summed E-state index contributed by atoms with van der Waals surface area (Å²) in [6, 6.07) is 15.2. The van der Waals surface area contributed by atoms with Gasteiger partial charge in [-0.05, 0) is 31.0 Å². The summed E-state index contributed by atoms with van der Waals surface area (Å²) in [4.78, 5) is 12.6. The van der Waals surface area contributed by atoms with Gasteiger partial charge in [0.15, 0.2) is 0 Å². The smallest absolute Gasteiger partial charge is 0.244 e. The minimum atomic E-state index is -1.09. The molecule has 1 unspecified atom stereocenters. The molecule has 0 saturated heterocycles. The van der Waals surface area contributed by atoms with Crippen LogP contribution in [0.15, 0.2) is 48.5 Å². The number of carbonyl (C=O) groups is 1. The van der Waals surface area contributed by atoms with Gasteiger partial charge in [0.25, 0.3) is 0 Å². The first-order chi connectivity index (χ1) is 11.9. The second-order valence-corrected chi connectivity index (χ2v) is 6.20. The van der Waals surface area contributed by atoms with Crippen LogP contribution in [0, 0.1) is 6.92 Å². The van der Waals surface area contributed by atoms with Gasteiger partial charge < -0.3 is 20.5 Å². The van der Waals surface area contributed by atoms with Crippen molar-refractivity contribution in [2.24, 2.45) is 5.73 Å². The molecule has 0 aliphatic carbocycles. The summed E-state index contributed by atoms with van der Waals surface area (Å²) >= 11 is 0. The third kappa shape index (κ3) is 5.73. The lowest BCUT2D eigenvalue weighted by Gasteiger charge is -2.24. The normalized spacial score (nSPS) is 12.6. The van der Waals surface area contributed by atoms with Crippen LogP contribution in [0.5, 0.6) is 5.75 Å². The molecule has 0 aliphatic heterocycles. The molecule has 0 aromatic heterocycles. The molecule has 142 valence electrons. The minimum Gasteiger partial charge on any atom is -0.491 e. The molecule has 0 saturated carbocycles. The molecular weight excluding hydrogens is 352 g/mol. The number of nitrogens with one attached hydrogen (secondary N) is 1. The van der Waals surface area contributed by atoms with Crippen LogP contribution >= 0.6 is 12.4 Å². The largest absolute Gasteiger partial charge is 0.491 e. The Bertz CT molecular complexity index is 705. The Balaban J connectivity index is 0.00000338. The fourth-order valence-electron chi connectivity index (χ4n) is 2.45. The summed E-state index contributed by atoms with van der Waals surface area (Å²) < 4.78 is 10.8. The zero-order valence-corrected chi connectivity index (χ0v) is 16.3. The molecule has 0 spiro atoms. The van der Waals surface area contributed by atoms with Crippen LogP contribution in [-0.2, 0) is 21.6 Å². The first kappa shape index (κ1) is 22.0. The maximum Gasteiger partial charge on any atom is 0.244 e. The fraction of sp³-hybridized carbons (Fsp3) is 0.350. The number of carbonyl (C=O) groups excluding carboxylic acids is 1. The topological polar surface area (TPSA) is 73.6 Å². The number of ether oxygens (including phenoxy) is 2. The number of nitrogens with two attached hydrogens (primary N) is 1. The van der Waals surface area contributed by atoms with Crippen molar-refractivity contribution >= 4 is 18.3 Å². The molecule has 2 rings (SSSR count).